The van der Waals surface area contributed by atoms with Gasteiger partial charge >= 0.3 is 11.9 Å². The Morgan fingerprint density at radius 1 is 0.449 bits per heavy atom. The number of hydrogen-bond acceptors (Lipinski definition) is 8. The van der Waals surface area contributed by atoms with Crippen molar-refractivity contribution >= 4 is 17.9 Å². The molecule has 0 radical (unpaired) electrons. The van der Waals surface area contributed by atoms with Crippen molar-refractivity contribution in [2.45, 2.75) is 232 Å². The minimum atomic E-state index is -1.63. The lowest BCUT2D eigenvalue weighted by molar-refractivity contribution is -0.870. The summed E-state index contributed by atoms with van der Waals surface area (Å²) in [6, 6.07) is 0. The van der Waals surface area contributed by atoms with E-state index in [2.05, 4.69) is 98.9 Å². The van der Waals surface area contributed by atoms with Crippen molar-refractivity contribution < 1.29 is 42.9 Å². The third-order valence-electron chi connectivity index (χ3n) is 11.6. The Hall–Kier alpha value is -3.53. The Morgan fingerprint density at radius 2 is 0.826 bits per heavy atom. The number of carboxylic acids is 1. The predicted octanol–water partition coefficient (Wildman–Crippen LogP) is 14.7. The maximum absolute atomic E-state index is 12.8. The van der Waals surface area contributed by atoms with E-state index < -0.39 is 24.3 Å². The molecule has 9 heteroatoms. The largest absolute Gasteiger partial charge is 0.545 e. The molecule has 0 aromatic heterocycles. The van der Waals surface area contributed by atoms with Gasteiger partial charge in [-0.2, -0.15) is 0 Å². The Balaban J connectivity index is 4.31. The normalized spacial score (nSPS) is 13.5. The topological polar surface area (TPSA) is 111 Å². The summed E-state index contributed by atoms with van der Waals surface area (Å²) in [5.74, 6) is -2.30. The van der Waals surface area contributed by atoms with Crippen molar-refractivity contribution in [2.75, 3.05) is 47.5 Å². The zero-order valence-corrected chi connectivity index (χ0v) is 44.9. The van der Waals surface area contributed by atoms with Crippen LogP contribution in [-0.4, -0.2) is 82.3 Å². The van der Waals surface area contributed by atoms with Crippen molar-refractivity contribution in [3.8, 4) is 0 Å². The molecule has 0 rings (SSSR count). The van der Waals surface area contributed by atoms with E-state index in [-0.39, 0.29) is 38.6 Å². The number of allylic oxidation sites excluding steroid dienone is 14. The van der Waals surface area contributed by atoms with E-state index in [1.165, 1.54) is 89.9 Å². The Kier molecular flexibility index (Phi) is 48.2. The van der Waals surface area contributed by atoms with Gasteiger partial charge < -0.3 is 33.3 Å². The number of rotatable bonds is 50. The SMILES string of the molecule is CC/C=C\C/C=C\C/C=C\C/C=C\C/C=C\C/C=C\CCCCCCCCCCC(=O)OC(COC(=O)CCCCCCCCC/C=C\CCCCCCCC)COC(OCC[N+](C)(C)C)C(=O)[O-]. The molecular weight excluding hydrogens is 863 g/mol. The summed E-state index contributed by atoms with van der Waals surface area (Å²) in [7, 11) is 5.91. The van der Waals surface area contributed by atoms with Gasteiger partial charge in [-0.15, -0.1) is 0 Å². The highest BCUT2D eigenvalue weighted by Crippen LogP contribution is 2.14. The summed E-state index contributed by atoms with van der Waals surface area (Å²) in [6.07, 6.45) is 63.3. The van der Waals surface area contributed by atoms with Gasteiger partial charge in [-0.1, -0.05) is 202 Å². The van der Waals surface area contributed by atoms with E-state index in [0.29, 0.717) is 17.4 Å². The van der Waals surface area contributed by atoms with Crippen LogP contribution in [0.2, 0.25) is 0 Å². The van der Waals surface area contributed by atoms with E-state index in [1.54, 1.807) is 0 Å². The minimum Gasteiger partial charge on any atom is -0.545 e. The highest BCUT2D eigenvalue weighted by Gasteiger charge is 2.22. The molecule has 69 heavy (non-hydrogen) atoms. The number of quaternary nitrogens is 1. The highest BCUT2D eigenvalue weighted by atomic mass is 16.7. The standard InChI is InChI=1S/C60H103NO8/c1-6-8-10-12-14-16-18-20-22-24-25-26-27-28-29-30-31-32-33-35-37-39-41-43-45-47-49-51-58(63)69-56(55-68-60(59(64)65)66-53-52-61(3,4)5)54-67-57(62)50-48-46-44-42-40-38-36-34-23-21-19-17-15-13-11-9-7-2/h8,10,14,16,20-23,25-26,28-29,31-32,56,60H,6-7,9,11-13,15,17-19,24,27,30,33-55H2,1-5H3/b10-8-,16-14-,22-20-,23-21-,26-25-,29-28-,32-31-. The number of aliphatic carboxylic acids is 1. The van der Waals surface area contributed by atoms with Crippen molar-refractivity contribution in [2.24, 2.45) is 0 Å². The van der Waals surface area contributed by atoms with Crippen LogP contribution < -0.4 is 5.11 Å². The maximum Gasteiger partial charge on any atom is 0.306 e. The van der Waals surface area contributed by atoms with Crippen LogP contribution in [0.1, 0.15) is 219 Å². The molecule has 0 aliphatic rings. The predicted molar refractivity (Wildman–Crippen MR) is 288 cm³/mol. The molecule has 0 aliphatic heterocycles. The average Bonchev–Trinajstić information content (AvgIpc) is 3.31. The Morgan fingerprint density at radius 3 is 1.25 bits per heavy atom. The van der Waals surface area contributed by atoms with Gasteiger partial charge in [0.05, 0.1) is 40.3 Å². The molecule has 0 aromatic carbocycles. The molecule has 0 saturated heterocycles. The third-order valence-corrected chi connectivity index (χ3v) is 11.6. The number of unbranched alkanes of at least 4 members (excludes halogenated alkanes) is 21. The molecule has 0 aromatic rings. The van der Waals surface area contributed by atoms with Gasteiger partial charge in [0.15, 0.2) is 12.4 Å². The van der Waals surface area contributed by atoms with Gasteiger partial charge in [0, 0.05) is 12.8 Å². The zero-order chi connectivity index (χ0) is 50.6. The van der Waals surface area contributed by atoms with Crippen LogP contribution in [0.15, 0.2) is 85.1 Å². The molecule has 2 unspecified atom stereocenters. The van der Waals surface area contributed by atoms with Crippen molar-refractivity contribution in [1.29, 1.82) is 0 Å². The second-order valence-corrected chi connectivity index (χ2v) is 19.5. The van der Waals surface area contributed by atoms with Crippen molar-refractivity contribution in [1.82, 2.24) is 0 Å². The number of carbonyl (C=O) groups excluding carboxylic acids is 3. The summed E-state index contributed by atoms with van der Waals surface area (Å²) in [5, 5.41) is 11.8. The molecule has 0 aliphatic carbocycles. The number of likely N-dealkylation sites (N-methyl/N-ethyl adjacent to an activating group) is 1. The van der Waals surface area contributed by atoms with E-state index in [4.69, 9.17) is 18.9 Å². The first-order valence-corrected chi connectivity index (χ1v) is 27.7. The first-order valence-electron chi connectivity index (χ1n) is 27.7. The molecule has 0 amide bonds. The third kappa shape index (κ3) is 52.1. The first kappa shape index (κ1) is 65.5. The van der Waals surface area contributed by atoms with Crippen molar-refractivity contribution in [3.63, 3.8) is 0 Å². The molecule has 0 N–H and O–H groups in total. The molecule has 2 atom stereocenters. The number of nitrogens with zero attached hydrogens (tertiary/aromatic N) is 1. The van der Waals surface area contributed by atoms with E-state index in [1.807, 2.05) is 21.1 Å². The summed E-state index contributed by atoms with van der Waals surface area (Å²) >= 11 is 0. The molecule has 0 fully saturated rings. The van der Waals surface area contributed by atoms with E-state index in [0.717, 1.165) is 96.3 Å². The second-order valence-electron chi connectivity index (χ2n) is 19.5. The number of hydrogen-bond donors (Lipinski definition) is 0. The number of carbonyl (C=O) groups is 3. The van der Waals surface area contributed by atoms with Gasteiger partial charge in [0.25, 0.3) is 0 Å². The molecular formula is C60H103NO8. The maximum atomic E-state index is 12.8. The molecule has 0 spiro atoms. The fourth-order valence-electron chi connectivity index (χ4n) is 7.36. The number of esters is 2. The van der Waals surface area contributed by atoms with Gasteiger partial charge in [-0.05, 0) is 89.9 Å². The lowest BCUT2D eigenvalue weighted by atomic mass is 10.1. The van der Waals surface area contributed by atoms with E-state index >= 15 is 0 Å². The molecule has 0 bridgehead atoms. The Bertz CT molecular complexity index is 1400. The van der Waals surface area contributed by atoms with Crippen LogP contribution in [0, 0.1) is 0 Å². The van der Waals surface area contributed by atoms with Crippen LogP contribution in [0.3, 0.4) is 0 Å². The highest BCUT2D eigenvalue weighted by molar-refractivity contribution is 5.70. The summed E-state index contributed by atoms with van der Waals surface area (Å²) in [5.41, 5.74) is 0. The van der Waals surface area contributed by atoms with Crippen LogP contribution in [0.25, 0.3) is 0 Å². The minimum absolute atomic E-state index is 0.141. The molecule has 0 heterocycles. The first-order chi connectivity index (χ1) is 33.6. The Labute approximate surface area is 423 Å². The van der Waals surface area contributed by atoms with Gasteiger partial charge in [-0.3, -0.25) is 9.59 Å². The van der Waals surface area contributed by atoms with Gasteiger partial charge in [0.2, 0.25) is 0 Å². The van der Waals surface area contributed by atoms with Crippen LogP contribution in [0.4, 0.5) is 0 Å². The quantitative estimate of drug-likeness (QED) is 0.0195. The average molecular weight is 966 g/mol. The fraction of sp³-hybridized carbons (Fsp3) is 0.717. The summed E-state index contributed by atoms with van der Waals surface area (Å²) in [4.78, 5) is 37.2. The molecule has 9 nitrogen and oxygen atoms in total. The van der Waals surface area contributed by atoms with Crippen LogP contribution >= 0.6 is 0 Å². The zero-order valence-electron chi connectivity index (χ0n) is 44.9. The van der Waals surface area contributed by atoms with Crippen LogP contribution in [0.5, 0.6) is 0 Å². The van der Waals surface area contributed by atoms with Crippen LogP contribution in [-0.2, 0) is 33.3 Å². The second kappa shape index (κ2) is 50.8. The lowest BCUT2D eigenvalue weighted by Crippen LogP contribution is -2.44. The van der Waals surface area contributed by atoms with Gasteiger partial charge in [0.1, 0.15) is 13.2 Å². The monoisotopic (exact) mass is 966 g/mol. The van der Waals surface area contributed by atoms with Crippen molar-refractivity contribution in [3.05, 3.63) is 85.1 Å². The summed E-state index contributed by atoms with van der Waals surface area (Å²) in [6.45, 7) is 4.61. The fourth-order valence-corrected chi connectivity index (χ4v) is 7.36. The number of carboxylic acid groups (broad SMARTS) is 1. The van der Waals surface area contributed by atoms with E-state index in [9.17, 15) is 19.5 Å². The lowest BCUT2D eigenvalue weighted by Gasteiger charge is -2.26. The molecule has 0 saturated carbocycles. The smallest absolute Gasteiger partial charge is 0.306 e. The van der Waals surface area contributed by atoms with Gasteiger partial charge in [-0.25, -0.2) is 0 Å². The number of ether oxygens (including phenoxy) is 4. The molecule has 396 valence electrons. The summed E-state index contributed by atoms with van der Waals surface area (Å²) < 4.78 is 22.7.